The molecule has 3 heteroatoms. The van der Waals surface area contributed by atoms with E-state index in [9.17, 15) is 5.11 Å². The van der Waals surface area contributed by atoms with Crippen LogP contribution in [0.4, 0.5) is 0 Å². The highest BCUT2D eigenvalue weighted by Crippen LogP contribution is 2.09. The third kappa shape index (κ3) is 6.35. The van der Waals surface area contributed by atoms with Gasteiger partial charge in [-0.2, -0.15) is 0 Å². The Balaban J connectivity index is 3.74. The van der Waals surface area contributed by atoms with Crippen molar-refractivity contribution >= 4 is 0 Å². The lowest BCUT2D eigenvalue weighted by molar-refractivity contribution is 0.0221. The van der Waals surface area contributed by atoms with Crippen LogP contribution in [0, 0.1) is 5.92 Å². The minimum absolute atomic E-state index is 0.434. The second kappa shape index (κ2) is 6.38. The molecule has 0 amide bonds. The zero-order chi connectivity index (χ0) is 11.2. The van der Waals surface area contributed by atoms with Gasteiger partial charge in [-0.3, -0.25) is 0 Å². The molecule has 0 aromatic heterocycles. The molecule has 0 heterocycles. The minimum atomic E-state index is -0.667. The van der Waals surface area contributed by atoms with Crippen molar-refractivity contribution in [2.75, 3.05) is 20.3 Å². The molecule has 0 aromatic rings. The van der Waals surface area contributed by atoms with E-state index >= 15 is 0 Å². The third-order valence-corrected chi connectivity index (χ3v) is 2.65. The first-order valence-corrected chi connectivity index (χ1v) is 5.34. The Labute approximate surface area is 87.8 Å². The molecule has 2 atom stereocenters. The number of hydrogen-bond acceptors (Lipinski definition) is 3. The van der Waals surface area contributed by atoms with Crippen molar-refractivity contribution in [3.8, 4) is 0 Å². The van der Waals surface area contributed by atoms with Gasteiger partial charge in [-0.25, -0.2) is 0 Å². The van der Waals surface area contributed by atoms with E-state index in [4.69, 9.17) is 4.74 Å². The fourth-order valence-electron chi connectivity index (χ4n) is 1.03. The zero-order valence-corrected chi connectivity index (χ0v) is 10.1. The molecule has 3 nitrogen and oxygen atoms in total. The van der Waals surface area contributed by atoms with Crippen LogP contribution in [0.3, 0.4) is 0 Å². The number of aliphatic hydroxyl groups is 1. The van der Waals surface area contributed by atoms with Crippen LogP contribution in [0.15, 0.2) is 0 Å². The van der Waals surface area contributed by atoms with Gasteiger partial charge in [-0.15, -0.1) is 0 Å². The molecule has 14 heavy (non-hydrogen) atoms. The highest BCUT2D eigenvalue weighted by atomic mass is 16.5. The molecule has 0 aliphatic carbocycles. The van der Waals surface area contributed by atoms with Gasteiger partial charge in [-0.1, -0.05) is 13.8 Å². The van der Waals surface area contributed by atoms with Gasteiger partial charge >= 0.3 is 0 Å². The van der Waals surface area contributed by atoms with E-state index in [2.05, 4.69) is 26.1 Å². The Bertz CT molecular complexity index is 146. The van der Waals surface area contributed by atoms with Gasteiger partial charge in [0.25, 0.3) is 0 Å². The van der Waals surface area contributed by atoms with Crippen molar-refractivity contribution in [2.45, 2.75) is 45.8 Å². The summed E-state index contributed by atoms with van der Waals surface area (Å²) in [6.07, 6.45) is 0.668. The maximum absolute atomic E-state index is 9.93. The van der Waals surface area contributed by atoms with Crippen molar-refractivity contribution in [1.29, 1.82) is 0 Å². The molecular formula is C11H25NO2. The molecule has 0 saturated heterocycles. The zero-order valence-electron chi connectivity index (χ0n) is 10.1. The monoisotopic (exact) mass is 203 g/mol. The van der Waals surface area contributed by atoms with E-state index in [1.165, 1.54) is 0 Å². The quantitative estimate of drug-likeness (QED) is 0.657. The maximum atomic E-state index is 9.93. The lowest BCUT2D eigenvalue weighted by Gasteiger charge is -2.27. The Morgan fingerprint density at radius 1 is 1.36 bits per heavy atom. The summed E-state index contributed by atoms with van der Waals surface area (Å²) < 4.78 is 4.94. The molecule has 2 N–H and O–H groups in total. The smallest absolute Gasteiger partial charge is 0.0765 e. The minimum Gasteiger partial charge on any atom is -0.389 e. The van der Waals surface area contributed by atoms with Crippen molar-refractivity contribution < 1.29 is 9.84 Å². The lowest BCUT2D eigenvalue weighted by atomic mass is 10.0. The molecule has 0 aliphatic heterocycles. The first-order valence-electron chi connectivity index (χ1n) is 5.34. The van der Waals surface area contributed by atoms with Crippen LogP contribution >= 0.6 is 0 Å². The van der Waals surface area contributed by atoms with Gasteiger partial charge in [0.05, 0.1) is 5.60 Å². The Hall–Kier alpha value is -0.120. The second-order valence-corrected chi connectivity index (χ2v) is 4.65. The number of nitrogens with one attached hydrogen (secondary N) is 1. The average molecular weight is 203 g/mol. The van der Waals surface area contributed by atoms with E-state index in [1.807, 2.05) is 6.92 Å². The van der Waals surface area contributed by atoms with Crippen LogP contribution in [-0.4, -0.2) is 37.0 Å². The largest absolute Gasteiger partial charge is 0.389 e. The topological polar surface area (TPSA) is 41.5 Å². The van der Waals surface area contributed by atoms with Gasteiger partial charge in [0, 0.05) is 32.7 Å². The summed E-state index contributed by atoms with van der Waals surface area (Å²) in [7, 11) is 1.65. The van der Waals surface area contributed by atoms with Crippen molar-refractivity contribution in [3.63, 3.8) is 0 Å². The number of hydrogen-bond donors (Lipinski definition) is 2. The van der Waals surface area contributed by atoms with Gasteiger partial charge in [0.2, 0.25) is 0 Å². The molecule has 0 radical (unpaired) electrons. The summed E-state index contributed by atoms with van der Waals surface area (Å²) in [5, 5.41) is 13.3. The highest BCUT2D eigenvalue weighted by molar-refractivity contribution is 4.77. The molecule has 0 rings (SSSR count). The third-order valence-electron chi connectivity index (χ3n) is 2.65. The summed E-state index contributed by atoms with van der Waals surface area (Å²) in [5.74, 6) is 0.591. The Kier molecular flexibility index (Phi) is 6.33. The number of rotatable bonds is 7. The molecular weight excluding hydrogens is 178 g/mol. The van der Waals surface area contributed by atoms with Crippen LogP contribution in [0.2, 0.25) is 0 Å². The predicted octanol–water partition coefficient (Wildman–Crippen LogP) is 1.41. The number of ether oxygens (including phenoxy) is 1. The van der Waals surface area contributed by atoms with E-state index in [1.54, 1.807) is 7.11 Å². The van der Waals surface area contributed by atoms with E-state index in [0.29, 0.717) is 31.5 Å². The van der Waals surface area contributed by atoms with Crippen LogP contribution in [0.1, 0.15) is 34.1 Å². The fourth-order valence-corrected chi connectivity index (χ4v) is 1.03. The summed E-state index contributed by atoms with van der Waals surface area (Å²) in [5.41, 5.74) is -0.667. The molecule has 0 spiro atoms. The summed E-state index contributed by atoms with van der Waals surface area (Å²) in [4.78, 5) is 0. The molecule has 2 unspecified atom stereocenters. The Morgan fingerprint density at radius 3 is 2.36 bits per heavy atom. The molecule has 86 valence electrons. The second-order valence-electron chi connectivity index (χ2n) is 4.65. The van der Waals surface area contributed by atoms with E-state index in [-0.39, 0.29) is 0 Å². The lowest BCUT2D eigenvalue weighted by Crippen LogP contribution is -2.43. The van der Waals surface area contributed by atoms with Crippen LogP contribution in [0.5, 0.6) is 0 Å². The molecule has 0 saturated carbocycles. The SMILES string of the molecule is COCCC(C)(O)CNC(C)C(C)C. The maximum Gasteiger partial charge on any atom is 0.0765 e. The molecule has 0 aromatic carbocycles. The number of methoxy groups -OCH3 is 1. The highest BCUT2D eigenvalue weighted by Gasteiger charge is 2.20. The van der Waals surface area contributed by atoms with Crippen LogP contribution in [0.25, 0.3) is 0 Å². The van der Waals surface area contributed by atoms with Crippen LogP contribution < -0.4 is 5.32 Å². The molecule has 0 bridgehead atoms. The van der Waals surface area contributed by atoms with Crippen molar-refractivity contribution in [2.24, 2.45) is 5.92 Å². The van der Waals surface area contributed by atoms with Crippen LogP contribution in [-0.2, 0) is 4.74 Å². The Morgan fingerprint density at radius 2 is 1.93 bits per heavy atom. The fraction of sp³-hybridized carbons (Fsp3) is 1.00. The van der Waals surface area contributed by atoms with E-state index < -0.39 is 5.60 Å². The molecule has 0 fully saturated rings. The van der Waals surface area contributed by atoms with Gasteiger partial charge in [-0.05, 0) is 19.8 Å². The first-order chi connectivity index (χ1) is 6.39. The predicted molar refractivity (Wildman–Crippen MR) is 59.4 cm³/mol. The average Bonchev–Trinajstić information content (AvgIpc) is 2.11. The van der Waals surface area contributed by atoms with Crippen molar-refractivity contribution in [1.82, 2.24) is 5.32 Å². The van der Waals surface area contributed by atoms with E-state index in [0.717, 1.165) is 0 Å². The standard InChI is InChI=1S/C11H25NO2/c1-9(2)10(3)12-8-11(4,13)6-7-14-5/h9-10,12-13H,6-8H2,1-5H3. The van der Waals surface area contributed by atoms with Crippen molar-refractivity contribution in [3.05, 3.63) is 0 Å². The normalized spacial score (nSPS) is 18.2. The summed E-state index contributed by atoms with van der Waals surface area (Å²) >= 11 is 0. The van der Waals surface area contributed by atoms with Gasteiger partial charge in [0.15, 0.2) is 0 Å². The molecule has 0 aliphatic rings. The summed E-state index contributed by atoms with van der Waals surface area (Å²) in [6, 6.07) is 0.434. The summed E-state index contributed by atoms with van der Waals surface area (Å²) in [6.45, 7) is 9.53. The first kappa shape index (κ1) is 13.9. The van der Waals surface area contributed by atoms with Gasteiger partial charge < -0.3 is 15.2 Å². The van der Waals surface area contributed by atoms with Gasteiger partial charge in [0.1, 0.15) is 0 Å².